The number of nitrogens with zero attached hydrogens (tertiary/aromatic N) is 2. The van der Waals surface area contributed by atoms with E-state index in [0.29, 0.717) is 0 Å². The minimum Gasteiger partial charge on any atom is -0.337 e. The predicted octanol–water partition coefficient (Wildman–Crippen LogP) is 0.921. The molecule has 0 spiro atoms. The highest BCUT2D eigenvalue weighted by atomic mass is 15.1. The van der Waals surface area contributed by atoms with E-state index in [4.69, 9.17) is 6.42 Å². The van der Waals surface area contributed by atoms with Crippen molar-refractivity contribution in [2.24, 2.45) is 7.05 Å². The van der Waals surface area contributed by atoms with E-state index >= 15 is 0 Å². The lowest BCUT2D eigenvalue weighted by Crippen LogP contribution is -2.27. The van der Waals surface area contributed by atoms with Crippen molar-refractivity contribution in [2.75, 3.05) is 0 Å². The molecule has 1 atom stereocenters. The third-order valence-electron chi connectivity index (χ3n) is 2.04. The molecule has 3 heteroatoms. The van der Waals surface area contributed by atoms with Gasteiger partial charge in [0.1, 0.15) is 5.82 Å². The van der Waals surface area contributed by atoms with Crippen LogP contribution in [0.15, 0.2) is 12.4 Å². The van der Waals surface area contributed by atoms with Gasteiger partial charge in [-0.2, -0.15) is 0 Å². The van der Waals surface area contributed by atoms with Crippen molar-refractivity contribution in [1.29, 1.82) is 0 Å². The average molecular weight is 177 g/mol. The third kappa shape index (κ3) is 2.60. The lowest BCUT2D eigenvalue weighted by molar-refractivity contribution is 0.566. The van der Waals surface area contributed by atoms with E-state index < -0.39 is 0 Å². The van der Waals surface area contributed by atoms with E-state index in [9.17, 15) is 0 Å². The zero-order valence-electron chi connectivity index (χ0n) is 8.12. The van der Waals surface area contributed by atoms with Gasteiger partial charge in [0.25, 0.3) is 0 Å². The van der Waals surface area contributed by atoms with Gasteiger partial charge in [-0.25, -0.2) is 4.98 Å². The van der Waals surface area contributed by atoms with E-state index in [1.165, 1.54) is 0 Å². The summed E-state index contributed by atoms with van der Waals surface area (Å²) in [5.74, 6) is 3.69. The molecule has 3 nitrogen and oxygen atoms in total. The molecule has 70 valence electrons. The summed E-state index contributed by atoms with van der Waals surface area (Å²) in [4.78, 5) is 4.19. The Morgan fingerprint density at radius 1 is 1.77 bits per heavy atom. The molecule has 0 aliphatic heterocycles. The first-order valence-electron chi connectivity index (χ1n) is 4.43. The van der Waals surface area contributed by atoms with Gasteiger partial charge in [0.15, 0.2) is 0 Å². The van der Waals surface area contributed by atoms with Crippen molar-refractivity contribution in [3.63, 3.8) is 0 Å². The molecular weight excluding hydrogens is 162 g/mol. The molecule has 0 saturated heterocycles. The van der Waals surface area contributed by atoms with Crippen LogP contribution in [-0.4, -0.2) is 15.6 Å². The molecule has 0 aliphatic rings. The first-order chi connectivity index (χ1) is 6.27. The molecule has 1 aromatic rings. The minimum absolute atomic E-state index is 0.150. The molecule has 1 unspecified atom stereocenters. The fourth-order valence-corrected chi connectivity index (χ4v) is 1.10. The summed E-state index contributed by atoms with van der Waals surface area (Å²) >= 11 is 0. The SMILES string of the molecule is C#CC(CC)NCc1nccn1C. The number of hydrogen-bond acceptors (Lipinski definition) is 2. The Morgan fingerprint density at radius 3 is 3.00 bits per heavy atom. The van der Waals surface area contributed by atoms with Gasteiger partial charge in [-0.3, -0.25) is 5.32 Å². The fourth-order valence-electron chi connectivity index (χ4n) is 1.10. The average Bonchev–Trinajstić information content (AvgIpc) is 2.54. The van der Waals surface area contributed by atoms with Crippen LogP contribution in [0.1, 0.15) is 19.2 Å². The van der Waals surface area contributed by atoms with Gasteiger partial charge in [-0.1, -0.05) is 12.8 Å². The van der Waals surface area contributed by atoms with Crippen LogP contribution in [0.4, 0.5) is 0 Å². The third-order valence-corrected chi connectivity index (χ3v) is 2.04. The van der Waals surface area contributed by atoms with Crippen molar-refractivity contribution in [3.05, 3.63) is 18.2 Å². The highest BCUT2D eigenvalue weighted by Crippen LogP contribution is 1.95. The number of rotatable bonds is 4. The molecule has 1 rings (SSSR count). The summed E-state index contributed by atoms with van der Waals surface area (Å²) < 4.78 is 1.98. The Kier molecular flexibility index (Phi) is 3.53. The molecule has 1 aromatic heterocycles. The standard InChI is InChI=1S/C10H15N3/c1-4-9(5-2)12-8-10-11-6-7-13(10)3/h1,6-7,9,12H,5,8H2,2-3H3. The largest absolute Gasteiger partial charge is 0.337 e. The molecule has 0 amide bonds. The Balaban J connectivity index is 2.44. The Labute approximate surface area is 79.2 Å². The van der Waals surface area contributed by atoms with Gasteiger partial charge < -0.3 is 4.57 Å². The zero-order chi connectivity index (χ0) is 9.68. The Bertz CT molecular complexity index is 295. The van der Waals surface area contributed by atoms with Crippen molar-refractivity contribution in [1.82, 2.24) is 14.9 Å². The van der Waals surface area contributed by atoms with Crippen LogP contribution >= 0.6 is 0 Å². The molecule has 1 heterocycles. The lowest BCUT2D eigenvalue weighted by atomic mass is 10.2. The number of terminal acetylenes is 1. The van der Waals surface area contributed by atoms with Crippen LogP contribution in [-0.2, 0) is 13.6 Å². The van der Waals surface area contributed by atoms with E-state index in [2.05, 4.69) is 23.1 Å². The molecule has 0 radical (unpaired) electrons. The Hall–Kier alpha value is -1.27. The first-order valence-corrected chi connectivity index (χ1v) is 4.43. The van der Waals surface area contributed by atoms with Crippen molar-refractivity contribution in [3.8, 4) is 12.3 Å². The van der Waals surface area contributed by atoms with Crippen molar-refractivity contribution < 1.29 is 0 Å². The topological polar surface area (TPSA) is 29.9 Å². The number of nitrogens with one attached hydrogen (secondary N) is 1. The van der Waals surface area contributed by atoms with Crippen LogP contribution in [0.5, 0.6) is 0 Å². The molecule has 0 aliphatic carbocycles. The van der Waals surface area contributed by atoms with Gasteiger partial charge in [0.2, 0.25) is 0 Å². The van der Waals surface area contributed by atoms with Crippen LogP contribution in [0.2, 0.25) is 0 Å². The number of aromatic nitrogens is 2. The monoisotopic (exact) mass is 177 g/mol. The predicted molar refractivity (Wildman–Crippen MR) is 53.0 cm³/mol. The highest BCUT2D eigenvalue weighted by Gasteiger charge is 2.02. The minimum atomic E-state index is 0.150. The normalized spacial score (nSPS) is 12.4. The van der Waals surface area contributed by atoms with Crippen LogP contribution < -0.4 is 5.32 Å². The van der Waals surface area contributed by atoms with E-state index in [1.54, 1.807) is 6.20 Å². The fraction of sp³-hybridized carbons (Fsp3) is 0.500. The molecule has 1 N–H and O–H groups in total. The second-order valence-corrected chi connectivity index (χ2v) is 2.96. The summed E-state index contributed by atoms with van der Waals surface area (Å²) in [6.07, 6.45) is 9.98. The number of imidazole rings is 1. The summed E-state index contributed by atoms with van der Waals surface area (Å²) in [6.45, 7) is 2.79. The highest BCUT2D eigenvalue weighted by molar-refractivity contribution is 4.99. The van der Waals surface area contributed by atoms with Crippen molar-refractivity contribution >= 4 is 0 Å². The van der Waals surface area contributed by atoms with Crippen molar-refractivity contribution in [2.45, 2.75) is 25.9 Å². The van der Waals surface area contributed by atoms with Gasteiger partial charge in [0, 0.05) is 19.4 Å². The van der Waals surface area contributed by atoms with Gasteiger partial charge >= 0.3 is 0 Å². The summed E-state index contributed by atoms with van der Waals surface area (Å²) in [6, 6.07) is 0.150. The van der Waals surface area contributed by atoms with Crippen LogP contribution in [0, 0.1) is 12.3 Å². The van der Waals surface area contributed by atoms with Crippen LogP contribution in [0.25, 0.3) is 0 Å². The second kappa shape index (κ2) is 4.68. The maximum Gasteiger partial charge on any atom is 0.122 e. The quantitative estimate of drug-likeness (QED) is 0.693. The molecular formula is C10H15N3. The van der Waals surface area contributed by atoms with Gasteiger partial charge in [-0.15, -0.1) is 6.42 Å². The van der Waals surface area contributed by atoms with E-state index in [0.717, 1.165) is 18.8 Å². The van der Waals surface area contributed by atoms with E-state index in [-0.39, 0.29) is 6.04 Å². The lowest BCUT2D eigenvalue weighted by Gasteiger charge is -2.09. The first kappa shape index (κ1) is 9.82. The van der Waals surface area contributed by atoms with Gasteiger partial charge in [-0.05, 0) is 6.42 Å². The molecule has 0 fully saturated rings. The maximum atomic E-state index is 5.32. The maximum absolute atomic E-state index is 5.32. The second-order valence-electron chi connectivity index (χ2n) is 2.96. The zero-order valence-corrected chi connectivity index (χ0v) is 8.12. The van der Waals surface area contributed by atoms with Gasteiger partial charge in [0.05, 0.1) is 12.6 Å². The summed E-state index contributed by atoms with van der Waals surface area (Å²) in [5, 5.41) is 3.24. The molecule has 0 aromatic carbocycles. The number of hydrogen-bond donors (Lipinski definition) is 1. The van der Waals surface area contributed by atoms with Crippen LogP contribution in [0.3, 0.4) is 0 Å². The number of aryl methyl sites for hydroxylation is 1. The summed E-state index contributed by atoms with van der Waals surface area (Å²) in [7, 11) is 1.97. The summed E-state index contributed by atoms with van der Waals surface area (Å²) in [5.41, 5.74) is 0. The molecule has 13 heavy (non-hydrogen) atoms. The smallest absolute Gasteiger partial charge is 0.122 e. The molecule has 0 saturated carbocycles. The van der Waals surface area contributed by atoms with E-state index in [1.807, 2.05) is 17.8 Å². The molecule has 0 bridgehead atoms. The Morgan fingerprint density at radius 2 is 2.54 bits per heavy atom.